The molecule has 1 aromatic heterocycles. The van der Waals surface area contributed by atoms with Gasteiger partial charge in [0.05, 0.1) is 18.3 Å². The van der Waals surface area contributed by atoms with Crippen molar-refractivity contribution in [2.75, 3.05) is 6.54 Å². The van der Waals surface area contributed by atoms with E-state index in [9.17, 15) is 5.11 Å². The predicted molar refractivity (Wildman–Crippen MR) is 74.8 cm³/mol. The fourth-order valence-electron chi connectivity index (χ4n) is 3.25. The molecular weight excluding hydrogens is 238 g/mol. The topological polar surface area (TPSA) is 41.3 Å². The highest BCUT2D eigenvalue weighted by molar-refractivity contribution is 5.18. The van der Waals surface area contributed by atoms with Gasteiger partial charge in [-0.25, -0.2) is 0 Å². The molecule has 4 heteroatoms. The van der Waals surface area contributed by atoms with E-state index in [1.807, 2.05) is 17.0 Å². The van der Waals surface area contributed by atoms with Crippen molar-refractivity contribution in [1.82, 2.24) is 14.7 Å². The van der Waals surface area contributed by atoms with Crippen molar-refractivity contribution in [2.45, 2.75) is 57.3 Å². The van der Waals surface area contributed by atoms with E-state index in [0.717, 1.165) is 38.9 Å². The van der Waals surface area contributed by atoms with Gasteiger partial charge >= 0.3 is 0 Å². The number of aromatic nitrogens is 2. The number of hydrogen-bond acceptors (Lipinski definition) is 3. The van der Waals surface area contributed by atoms with Crippen LogP contribution in [0.25, 0.3) is 0 Å². The Hall–Kier alpha value is -1.13. The number of nitrogens with zero attached hydrogens (tertiary/aromatic N) is 3. The van der Waals surface area contributed by atoms with Crippen LogP contribution in [0, 0.1) is 6.92 Å². The van der Waals surface area contributed by atoms with Crippen LogP contribution in [0.4, 0.5) is 0 Å². The van der Waals surface area contributed by atoms with Gasteiger partial charge in [0.25, 0.3) is 0 Å². The molecule has 1 unspecified atom stereocenters. The van der Waals surface area contributed by atoms with E-state index < -0.39 is 0 Å². The van der Waals surface area contributed by atoms with Crippen molar-refractivity contribution in [3.05, 3.63) is 30.1 Å². The van der Waals surface area contributed by atoms with Crippen molar-refractivity contribution in [2.24, 2.45) is 0 Å². The molecule has 1 aliphatic carbocycles. The minimum absolute atomic E-state index is 0.356. The van der Waals surface area contributed by atoms with Crippen LogP contribution in [0.5, 0.6) is 0 Å². The van der Waals surface area contributed by atoms with Gasteiger partial charge < -0.3 is 5.11 Å². The molecule has 0 radical (unpaired) electrons. The van der Waals surface area contributed by atoms with Crippen molar-refractivity contribution < 1.29 is 5.11 Å². The Morgan fingerprint density at radius 2 is 2.37 bits per heavy atom. The molecule has 2 heterocycles. The zero-order valence-corrected chi connectivity index (χ0v) is 11.7. The molecule has 1 atom stereocenters. The molecule has 0 amide bonds. The lowest BCUT2D eigenvalue weighted by atomic mass is 10.1. The third-order valence-electron chi connectivity index (χ3n) is 4.63. The van der Waals surface area contributed by atoms with Crippen LogP contribution >= 0.6 is 0 Å². The van der Waals surface area contributed by atoms with Crippen LogP contribution < -0.4 is 0 Å². The van der Waals surface area contributed by atoms with Gasteiger partial charge in [0.1, 0.15) is 0 Å². The average molecular weight is 261 g/mol. The highest BCUT2D eigenvalue weighted by Crippen LogP contribution is 2.45. The van der Waals surface area contributed by atoms with Gasteiger partial charge in [-0.1, -0.05) is 6.08 Å². The second kappa shape index (κ2) is 4.76. The smallest absolute Gasteiger partial charge is 0.0804 e. The summed E-state index contributed by atoms with van der Waals surface area (Å²) in [6.45, 7) is 8.64. The van der Waals surface area contributed by atoms with Crippen LogP contribution in [0.15, 0.2) is 18.9 Å². The van der Waals surface area contributed by atoms with Gasteiger partial charge in [0.2, 0.25) is 0 Å². The maximum atomic E-state index is 10.4. The fourth-order valence-corrected chi connectivity index (χ4v) is 3.25. The van der Waals surface area contributed by atoms with Crippen molar-refractivity contribution in [1.29, 1.82) is 0 Å². The summed E-state index contributed by atoms with van der Waals surface area (Å²) in [5.74, 6) is 0. The molecule has 2 aliphatic rings. The largest absolute Gasteiger partial charge is 0.388 e. The quantitative estimate of drug-likeness (QED) is 0.823. The Balaban J connectivity index is 1.72. The van der Waals surface area contributed by atoms with Gasteiger partial charge in [-0.05, 0) is 39.2 Å². The monoisotopic (exact) mass is 261 g/mol. The highest BCUT2D eigenvalue weighted by atomic mass is 16.3. The van der Waals surface area contributed by atoms with E-state index in [2.05, 4.69) is 23.5 Å². The summed E-state index contributed by atoms with van der Waals surface area (Å²) in [6.07, 6.45) is 8.12. The summed E-state index contributed by atoms with van der Waals surface area (Å²) in [5, 5.41) is 14.8. The molecule has 1 aromatic rings. The van der Waals surface area contributed by atoms with E-state index >= 15 is 0 Å². The summed E-state index contributed by atoms with van der Waals surface area (Å²) in [7, 11) is 0. The van der Waals surface area contributed by atoms with Crippen LogP contribution in [-0.2, 0) is 13.1 Å². The minimum atomic E-state index is -0.387. The molecule has 1 saturated heterocycles. The lowest BCUT2D eigenvalue weighted by molar-refractivity contribution is 0.0480. The summed E-state index contributed by atoms with van der Waals surface area (Å²) in [4.78, 5) is 2.44. The molecule has 1 aliphatic heterocycles. The van der Waals surface area contributed by atoms with Gasteiger partial charge in [0, 0.05) is 23.8 Å². The Kier molecular flexibility index (Phi) is 3.23. The summed E-state index contributed by atoms with van der Waals surface area (Å²) in [5.41, 5.74) is 2.10. The Labute approximate surface area is 114 Å². The molecule has 0 bridgehead atoms. The van der Waals surface area contributed by atoms with E-state index in [0.29, 0.717) is 6.04 Å². The lowest BCUT2D eigenvalue weighted by Crippen LogP contribution is -2.40. The molecule has 3 rings (SSSR count). The molecule has 0 aromatic carbocycles. The van der Waals surface area contributed by atoms with Gasteiger partial charge in [0.15, 0.2) is 0 Å². The summed E-state index contributed by atoms with van der Waals surface area (Å²) >= 11 is 0. The lowest BCUT2D eigenvalue weighted by Gasteiger charge is -2.28. The van der Waals surface area contributed by atoms with Crippen LogP contribution in [0.2, 0.25) is 0 Å². The number of likely N-dealkylation sites (tertiary alicyclic amines) is 1. The standard InChI is InChI=1S/C15H23N3O/c1-3-8-18-12(2)13(10-16-18)11-17-9-4-5-14(17)15(19)6-7-15/h3,10,14,19H,1,4-9,11H2,2H3. The Morgan fingerprint density at radius 3 is 3.05 bits per heavy atom. The SMILES string of the molecule is C=CCn1ncc(CN2CCCC2C2(O)CC2)c1C. The molecule has 1 N–H and O–H groups in total. The first kappa shape index (κ1) is 12.9. The number of aliphatic hydroxyl groups is 1. The maximum absolute atomic E-state index is 10.4. The number of hydrogen-bond donors (Lipinski definition) is 1. The van der Waals surface area contributed by atoms with Crippen LogP contribution in [0.1, 0.15) is 36.9 Å². The molecule has 19 heavy (non-hydrogen) atoms. The Bertz CT molecular complexity index is 476. The van der Waals surface area contributed by atoms with E-state index in [1.54, 1.807) is 0 Å². The average Bonchev–Trinajstić information content (AvgIpc) is 2.84. The number of allylic oxidation sites excluding steroid dienone is 1. The van der Waals surface area contributed by atoms with Gasteiger partial charge in [-0.2, -0.15) is 5.10 Å². The van der Waals surface area contributed by atoms with Crippen LogP contribution in [-0.4, -0.2) is 38.0 Å². The molecule has 4 nitrogen and oxygen atoms in total. The minimum Gasteiger partial charge on any atom is -0.388 e. The molecule has 0 spiro atoms. The van der Waals surface area contributed by atoms with E-state index in [1.165, 1.54) is 17.7 Å². The molecule has 104 valence electrons. The second-order valence-electron chi connectivity index (χ2n) is 5.96. The van der Waals surface area contributed by atoms with Gasteiger partial charge in [-0.3, -0.25) is 9.58 Å². The third kappa shape index (κ3) is 2.35. The molecular formula is C15H23N3O. The normalized spacial score (nSPS) is 25.7. The zero-order valence-electron chi connectivity index (χ0n) is 11.7. The molecule has 2 fully saturated rings. The highest BCUT2D eigenvalue weighted by Gasteiger charge is 2.51. The fraction of sp³-hybridized carbons (Fsp3) is 0.667. The first-order valence-corrected chi connectivity index (χ1v) is 7.23. The predicted octanol–water partition coefficient (Wildman–Crippen LogP) is 1.87. The van der Waals surface area contributed by atoms with E-state index in [-0.39, 0.29) is 5.60 Å². The first-order valence-electron chi connectivity index (χ1n) is 7.23. The third-order valence-corrected chi connectivity index (χ3v) is 4.63. The van der Waals surface area contributed by atoms with Crippen molar-refractivity contribution in [3.63, 3.8) is 0 Å². The Morgan fingerprint density at radius 1 is 1.58 bits per heavy atom. The van der Waals surface area contributed by atoms with Gasteiger partial charge in [-0.15, -0.1) is 6.58 Å². The van der Waals surface area contributed by atoms with Crippen molar-refractivity contribution >= 4 is 0 Å². The molecule has 1 saturated carbocycles. The van der Waals surface area contributed by atoms with E-state index in [4.69, 9.17) is 0 Å². The zero-order chi connectivity index (χ0) is 13.5. The summed E-state index contributed by atoms with van der Waals surface area (Å²) < 4.78 is 1.99. The second-order valence-corrected chi connectivity index (χ2v) is 5.96. The number of rotatable bonds is 5. The van der Waals surface area contributed by atoms with Crippen molar-refractivity contribution in [3.8, 4) is 0 Å². The first-order chi connectivity index (χ1) is 9.14. The summed E-state index contributed by atoms with van der Waals surface area (Å²) in [6, 6.07) is 0.356. The maximum Gasteiger partial charge on any atom is 0.0804 e. The van der Waals surface area contributed by atoms with Crippen LogP contribution in [0.3, 0.4) is 0 Å².